The monoisotopic (exact) mass is 494 g/mol. The summed E-state index contributed by atoms with van der Waals surface area (Å²) in [5.74, 6) is -0.890. The van der Waals surface area contributed by atoms with E-state index in [9.17, 15) is 14.4 Å². The van der Waals surface area contributed by atoms with Gasteiger partial charge in [-0.2, -0.15) is 0 Å². The zero-order valence-corrected chi connectivity index (χ0v) is 22.9. The summed E-state index contributed by atoms with van der Waals surface area (Å²) in [5, 5.41) is 5.39. The van der Waals surface area contributed by atoms with Gasteiger partial charge in [-0.25, -0.2) is 9.59 Å². The van der Waals surface area contributed by atoms with Crippen LogP contribution in [0.25, 0.3) is 0 Å². The smallest absolute Gasteiger partial charge is 0.408 e. The fraction of sp³-hybridized carbons (Fsp3) is 0.640. The van der Waals surface area contributed by atoms with Gasteiger partial charge in [0.2, 0.25) is 5.91 Å². The molecule has 9 heteroatoms. The molecule has 0 aliphatic heterocycles. The summed E-state index contributed by atoms with van der Waals surface area (Å²) in [4.78, 5) is 37.7. The van der Waals surface area contributed by atoms with Gasteiger partial charge in [0.25, 0.3) is 0 Å². The molecule has 1 aromatic rings. The van der Waals surface area contributed by atoms with Gasteiger partial charge in [-0.1, -0.05) is 65.0 Å². The summed E-state index contributed by atoms with van der Waals surface area (Å²) < 4.78 is 16.3. The number of amides is 2. The Bertz CT molecular complexity index is 792. The second-order valence-corrected chi connectivity index (χ2v) is 15.2. The summed E-state index contributed by atoms with van der Waals surface area (Å²) >= 11 is 0. The Morgan fingerprint density at radius 1 is 1.00 bits per heavy atom. The SMILES string of the molecule is COC(=O)[C@H](CCO[Si](C)(C)C(C)(C)C)NC(=O)[C@H](CC(C)C)NC(=O)OCc1ccccc1. The van der Waals surface area contributed by atoms with E-state index in [2.05, 4.69) is 44.5 Å². The van der Waals surface area contributed by atoms with E-state index in [0.717, 1.165) is 5.56 Å². The van der Waals surface area contributed by atoms with Crippen LogP contribution in [0.3, 0.4) is 0 Å². The largest absolute Gasteiger partial charge is 0.467 e. The number of carbonyl (C=O) groups excluding carboxylic acids is 3. The minimum atomic E-state index is -2.00. The lowest BCUT2D eigenvalue weighted by atomic mass is 10.0. The summed E-state index contributed by atoms with van der Waals surface area (Å²) in [6.07, 6.45) is -0.0289. The average Bonchev–Trinajstić information content (AvgIpc) is 2.75. The maximum atomic E-state index is 13.0. The molecule has 0 heterocycles. The highest BCUT2D eigenvalue weighted by Crippen LogP contribution is 2.36. The van der Waals surface area contributed by atoms with Crippen molar-refractivity contribution >= 4 is 26.3 Å². The minimum absolute atomic E-state index is 0.0312. The molecule has 2 N–H and O–H groups in total. The molecule has 0 bridgehead atoms. The van der Waals surface area contributed by atoms with Crippen molar-refractivity contribution in [2.45, 2.75) is 84.3 Å². The first kappa shape index (κ1) is 29.6. The predicted octanol–water partition coefficient (Wildman–Crippen LogP) is 4.40. The minimum Gasteiger partial charge on any atom is -0.467 e. The molecule has 0 fully saturated rings. The van der Waals surface area contributed by atoms with Crippen molar-refractivity contribution in [2.24, 2.45) is 5.92 Å². The fourth-order valence-corrected chi connectivity index (χ4v) is 3.98. The van der Waals surface area contributed by atoms with Gasteiger partial charge < -0.3 is 24.5 Å². The fourth-order valence-electron chi connectivity index (χ4n) is 2.92. The molecular formula is C25H42N2O6Si. The quantitative estimate of drug-likeness (QED) is 0.330. The number of benzene rings is 1. The maximum Gasteiger partial charge on any atom is 0.408 e. The normalized spacial score (nSPS) is 13.7. The van der Waals surface area contributed by atoms with Crippen LogP contribution in [0.4, 0.5) is 4.79 Å². The van der Waals surface area contributed by atoms with E-state index < -0.39 is 38.4 Å². The van der Waals surface area contributed by atoms with E-state index >= 15 is 0 Å². The van der Waals surface area contributed by atoms with E-state index in [-0.39, 0.29) is 24.0 Å². The first-order chi connectivity index (χ1) is 15.8. The van der Waals surface area contributed by atoms with Crippen LogP contribution in [-0.2, 0) is 30.1 Å². The second kappa shape index (κ2) is 13.5. The summed E-state index contributed by atoms with van der Waals surface area (Å²) in [6.45, 7) is 15.0. The van der Waals surface area contributed by atoms with Crippen molar-refractivity contribution in [3.63, 3.8) is 0 Å². The number of esters is 1. The van der Waals surface area contributed by atoms with Crippen LogP contribution in [0.5, 0.6) is 0 Å². The topological polar surface area (TPSA) is 103 Å². The third kappa shape index (κ3) is 10.3. The number of rotatable bonds is 12. The first-order valence-electron chi connectivity index (χ1n) is 11.8. The van der Waals surface area contributed by atoms with E-state index in [1.165, 1.54) is 7.11 Å². The van der Waals surface area contributed by atoms with Gasteiger partial charge in [-0.05, 0) is 36.0 Å². The number of methoxy groups -OCH3 is 1. The second-order valence-electron chi connectivity index (χ2n) is 10.4. The average molecular weight is 495 g/mol. The van der Waals surface area contributed by atoms with Crippen LogP contribution in [-0.4, -0.2) is 52.1 Å². The number of carbonyl (C=O) groups is 3. The molecule has 0 aliphatic carbocycles. The Morgan fingerprint density at radius 2 is 1.62 bits per heavy atom. The molecule has 192 valence electrons. The molecule has 0 aromatic heterocycles. The number of alkyl carbamates (subject to hydrolysis) is 1. The number of hydrogen-bond donors (Lipinski definition) is 2. The highest BCUT2D eigenvalue weighted by Gasteiger charge is 2.37. The highest BCUT2D eigenvalue weighted by atomic mass is 28.4. The van der Waals surface area contributed by atoms with Crippen LogP contribution in [0.1, 0.15) is 53.0 Å². The molecule has 0 radical (unpaired) electrons. The van der Waals surface area contributed by atoms with Crippen LogP contribution in [0.15, 0.2) is 30.3 Å². The molecule has 1 aromatic carbocycles. The van der Waals surface area contributed by atoms with Gasteiger partial charge in [-0.3, -0.25) is 4.79 Å². The Hall–Kier alpha value is -2.39. The number of ether oxygens (including phenoxy) is 2. The van der Waals surface area contributed by atoms with Gasteiger partial charge in [-0.15, -0.1) is 0 Å². The van der Waals surface area contributed by atoms with Crippen molar-refractivity contribution < 1.29 is 28.3 Å². The molecule has 8 nitrogen and oxygen atoms in total. The Balaban J connectivity index is 2.77. The van der Waals surface area contributed by atoms with Gasteiger partial charge in [0.1, 0.15) is 18.7 Å². The molecule has 0 aliphatic rings. The lowest BCUT2D eigenvalue weighted by Crippen LogP contribution is -2.53. The Labute approximate surface area is 205 Å². The third-order valence-electron chi connectivity index (χ3n) is 6.01. The van der Waals surface area contributed by atoms with Crippen molar-refractivity contribution in [1.29, 1.82) is 0 Å². The third-order valence-corrected chi connectivity index (χ3v) is 10.5. The van der Waals surface area contributed by atoms with Crippen LogP contribution in [0, 0.1) is 5.92 Å². The molecule has 2 amide bonds. The van der Waals surface area contributed by atoms with Crippen molar-refractivity contribution in [3.05, 3.63) is 35.9 Å². The molecular weight excluding hydrogens is 452 g/mol. The molecule has 0 saturated carbocycles. The van der Waals surface area contributed by atoms with Crippen molar-refractivity contribution in [3.8, 4) is 0 Å². The lowest BCUT2D eigenvalue weighted by molar-refractivity contribution is -0.145. The van der Waals surface area contributed by atoms with E-state index in [0.29, 0.717) is 13.0 Å². The zero-order chi connectivity index (χ0) is 25.9. The molecule has 0 spiro atoms. The summed E-state index contributed by atoms with van der Waals surface area (Å²) in [7, 11) is -0.719. The molecule has 34 heavy (non-hydrogen) atoms. The van der Waals surface area contributed by atoms with Crippen molar-refractivity contribution in [1.82, 2.24) is 10.6 Å². The van der Waals surface area contributed by atoms with Crippen LogP contribution < -0.4 is 10.6 Å². The standard InChI is InChI=1S/C25H42N2O6Si/c1-18(2)16-21(27-24(30)32-17-19-12-10-9-11-13-19)22(28)26-20(23(29)31-6)14-15-33-34(7,8)25(3,4)5/h9-13,18,20-21H,14-17H2,1-8H3,(H,26,28)(H,27,30)/t20-,21-/m0/s1. The number of nitrogens with one attached hydrogen (secondary N) is 2. The zero-order valence-electron chi connectivity index (χ0n) is 21.9. The van der Waals surface area contributed by atoms with E-state index in [4.69, 9.17) is 13.9 Å². The Kier molecular flexibility index (Phi) is 11.8. The number of hydrogen-bond acceptors (Lipinski definition) is 6. The maximum absolute atomic E-state index is 13.0. The highest BCUT2D eigenvalue weighted by molar-refractivity contribution is 6.74. The van der Waals surface area contributed by atoms with Crippen molar-refractivity contribution in [2.75, 3.05) is 13.7 Å². The molecule has 0 unspecified atom stereocenters. The van der Waals surface area contributed by atoms with Gasteiger partial charge >= 0.3 is 12.1 Å². The Morgan fingerprint density at radius 3 is 2.15 bits per heavy atom. The van der Waals surface area contributed by atoms with Gasteiger partial charge in [0.15, 0.2) is 8.32 Å². The predicted molar refractivity (Wildman–Crippen MR) is 135 cm³/mol. The summed E-state index contributed by atoms with van der Waals surface area (Å²) in [6, 6.07) is 7.55. The lowest BCUT2D eigenvalue weighted by Gasteiger charge is -2.36. The van der Waals surface area contributed by atoms with Gasteiger partial charge in [0, 0.05) is 13.0 Å². The molecule has 0 saturated heterocycles. The summed E-state index contributed by atoms with van der Waals surface area (Å²) in [5.41, 5.74) is 0.843. The van der Waals surface area contributed by atoms with Gasteiger partial charge in [0.05, 0.1) is 7.11 Å². The van der Waals surface area contributed by atoms with E-state index in [1.807, 2.05) is 44.2 Å². The van der Waals surface area contributed by atoms with Crippen LogP contribution in [0.2, 0.25) is 18.1 Å². The van der Waals surface area contributed by atoms with E-state index in [1.54, 1.807) is 0 Å². The molecule has 1 rings (SSSR count). The van der Waals surface area contributed by atoms with Crippen LogP contribution >= 0.6 is 0 Å². The molecule has 2 atom stereocenters. The first-order valence-corrected chi connectivity index (χ1v) is 14.7.